The number of anilines is 1. The molecule has 0 aliphatic heterocycles. The van der Waals surface area contributed by atoms with Crippen LogP contribution in [-0.4, -0.2) is 36.8 Å². The van der Waals surface area contributed by atoms with E-state index >= 15 is 0 Å². The summed E-state index contributed by atoms with van der Waals surface area (Å²) in [5.41, 5.74) is 2.54. The van der Waals surface area contributed by atoms with Crippen LogP contribution in [0.5, 0.6) is 0 Å². The Hall–Kier alpha value is -2.72. The maximum atomic E-state index is 12.5. The Balaban J connectivity index is 1.57. The Kier molecular flexibility index (Phi) is 6.88. The van der Waals surface area contributed by atoms with Crippen LogP contribution in [0.4, 0.5) is 5.13 Å². The van der Waals surface area contributed by atoms with Crippen molar-refractivity contribution in [3.63, 3.8) is 0 Å². The smallest absolute Gasteiger partial charge is 0.251 e. The number of thioether (sulfide) groups is 1. The number of carbonyl (C=O) groups excluding carboxylic acids is 2. The average Bonchev–Trinajstić information content (AvgIpc) is 3.21. The second-order valence-corrected chi connectivity index (χ2v) is 9.43. The molecule has 10 heteroatoms. The van der Waals surface area contributed by atoms with Gasteiger partial charge in [-0.05, 0) is 39.8 Å². The van der Waals surface area contributed by atoms with Crippen LogP contribution < -0.4 is 10.6 Å². The van der Waals surface area contributed by atoms with Gasteiger partial charge in [0.25, 0.3) is 5.91 Å². The Bertz CT molecular complexity index is 1060. The Labute approximate surface area is 183 Å². The molecular weight excluding hydrogens is 420 g/mol. The lowest BCUT2D eigenvalue weighted by Crippen LogP contribution is -2.25. The highest BCUT2D eigenvalue weighted by atomic mass is 32.2. The molecular formula is C20H24N6O2S2. The van der Waals surface area contributed by atoms with Crippen molar-refractivity contribution in [3.05, 3.63) is 51.8 Å². The van der Waals surface area contributed by atoms with E-state index in [2.05, 4.69) is 25.8 Å². The molecule has 1 atom stereocenters. The predicted molar refractivity (Wildman–Crippen MR) is 119 cm³/mol. The third kappa shape index (κ3) is 5.25. The number of carbonyl (C=O) groups is 2. The molecule has 3 rings (SSSR count). The van der Waals surface area contributed by atoms with Crippen LogP contribution in [0, 0.1) is 20.8 Å². The molecule has 0 radical (unpaired) electrons. The maximum Gasteiger partial charge on any atom is 0.251 e. The molecule has 0 aliphatic rings. The van der Waals surface area contributed by atoms with Crippen LogP contribution in [0.2, 0.25) is 0 Å². The standard InChI is InChI=1S/C20H24N6O2S2/c1-11-7-6-8-15(9-11)18(28)21-10-16-24-25-20(26(16)5)30-14(4)17(27)23-19-22-12(2)13(3)29-19/h6-9,14H,10H2,1-5H3,(H,21,28)(H,22,23,27). The van der Waals surface area contributed by atoms with Gasteiger partial charge in [-0.2, -0.15) is 0 Å². The monoisotopic (exact) mass is 444 g/mol. The zero-order valence-electron chi connectivity index (χ0n) is 17.5. The normalized spacial score (nSPS) is 11.9. The van der Waals surface area contributed by atoms with Crippen molar-refractivity contribution in [1.29, 1.82) is 0 Å². The van der Waals surface area contributed by atoms with Gasteiger partial charge in [-0.25, -0.2) is 4.98 Å². The first-order valence-electron chi connectivity index (χ1n) is 9.39. The van der Waals surface area contributed by atoms with Gasteiger partial charge in [-0.3, -0.25) is 9.59 Å². The van der Waals surface area contributed by atoms with Gasteiger partial charge in [0.05, 0.1) is 17.5 Å². The average molecular weight is 445 g/mol. The second kappa shape index (κ2) is 9.40. The number of amides is 2. The summed E-state index contributed by atoms with van der Waals surface area (Å²) in [6, 6.07) is 7.39. The number of benzene rings is 1. The number of nitrogens with zero attached hydrogens (tertiary/aromatic N) is 4. The SMILES string of the molecule is Cc1cccc(C(=O)NCc2nnc(SC(C)C(=O)Nc3nc(C)c(C)s3)n2C)c1. The number of hydrogen-bond acceptors (Lipinski definition) is 7. The van der Waals surface area contributed by atoms with Crippen LogP contribution in [0.1, 0.15) is 39.2 Å². The van der Waals surface area contributed by atoms with Gasteiger partial charge in [-0.15, -0.1) is 21.5 Å². The first-order chi connectivity index (χ1) is 14.2. The molecule has 0 saturated heterocycles. The highest BCUT2D eigenvalue weighted by Gasteiger charge is 2.20. The first-order valence-corrected chi connectivity index (χ1v) is 11.1. The first kappa shape index (κ1) is 22.0. The van der Waals surface area contributed by atoms with E-state index in [0.29, 0.717) is 21.7 Å². The topological polar surface area (TPSA) is 102 Å². The third-order valence-corrected chi connectivity index (χ3v) is 6.64. The number of hydrogen-bond donors (Lipinski definition) is 2. The largest absolute Gasteiger partial charge is 0.345 e. The molecule has 8 nitrogen and oxygen atoms in total. The molecule has 0 bridgehead atoms. The van der Waals surface area contributed by atoms with Gasteiger partial charge < -0.3 is 15.2 Å². The molecule has 1 aromatic carbocycles. The van der Waals surface area contributed by atoms with Crippen LogP contribution in [0.15, 0.2) is 29.4 Å². The molecule has 2 aromatic heterocycles. The minimum atomic E-state index is -0.382. The van der Waals surface area contributed by atoms with E-state index in [1.54, 1.807) is 17.6 Å². The Morgan fingerprint density at radius 3 is 2.67 bits per heavy atom. The van der Waals surface area contributed by atoms with E-state index in [0.717, 1.165) is 16.1 Å². The molecule has 2 heterocycles. The van der Waals surface area contributed by atoms with E-state index < -0.39 is 0 Å². The molecule has 2 N–H and O–H groups in total. The number of aromatic nitrogens is 4. The summed E-state index contributed by atoms with van der Waals surface area (Å²) in [5.74, 6) is 0.293. The summed E-state index contributed by atoms with van der Waals surface area (Å²) in [5, 5.41) is 14.8. The van der Waals surface area contributed by atoms with Crippen molar-refractivity contribution in [3.8, 4) is 0 Å². The van der Waals surface area contributed by atoms with Gasteiger partial charge in [0.1, 0.15) is 0 Å². The van der Waals surface area contributed by atoms with Crippen molar-refractivity contribution >= 4 is 40.0 Å². The fourth-order valence-electron chi connectivity index (χ4n) is 2.59. The van der Waals surface area contributed by atoms with E-state index in [-0.39, 0.29) is 23.6 Å². The van der Waals surface area contributed by atoms with Gasteiger partial charge in [-0.1, -0.05) is 29.5 Å². The van der Waals surface area contributed by atoms with Crippen molar-refractivity contribution in [1.82, 2.24) is 25.1 Å². The molecule has 30 heavy (non-hydrogen) atoms. The molecule has 0 aliphatic carbocycles. The maximum absolute atomic E-state index is 12.5. The number of thiazole rings is 1. The second-order valence-electron chi connectivity index (χ2n) is 6.92. The van der Waals surface area contributed by atoms with Crippen molar-refractivity contribution in [2.24, 2.45) is 7.05 Å². The van der Waals surface area contributed by atoms with Crippen molar-refractivity contribution in [2.45, 2.75) is 44.6 Å². The summed E-state index contributed by atoms with van der Waals surface area (Å²) in [4.78, 5) is 30.2. The molecule has 158 valence electrons. The highest BCUT2D eigenvalue weighted by Crippen LogP contribution is 2.25. The fraction of sp³-hybridized carbons (Fsp3) is 0.350. The molecule has 0 spiro atoms. The van der Waals surface area contributed by atoms with E-state index in [9.17, 15) is 9.59 Å². The number of aryl methyl sites for hydroxylation is 3. The molecule has 1 unspecified atom stereocenters. The number of nitrogens with one attached hydrogen (secondary N) is 2. The molecule has 2 amide bonds. The zero-order valence-corrected chi connectivity index (χ0v) is 19.1. The molecule has 0 fully saturated rings. The Morgan fingerprint density at radius 2 is 2.00 bits per heavy atom. The van der Waals surface area contributed by atoms with Crippen molar-refractivity contribution in [2.75, 3.05) is 5.32 Å². The van der Waals surface area contributed by atoms with Crippen LogP contribution >= 0.6 is 23.1 Å². The van der Waals surface area contributed by atoms with Crippen LogP contribution in [0.3, 0.4) is 0 Å². The lowest BCUT2D eigenvalue weighted by molar-refractivity contribution is -0.115. The van der Waals surface area contributed by atoms with E-state index in [4.69, 9.17) is 0 Å². The number of rotatable bonds is 7. The minimum absolute atomic E-state index is 0.147. The zero-order chi connectivity index (χ0) is 21.8. The highest BCUT2D eigenvalue weighted by molar-refractivity contribution is 8.00. The third-order valence-electron chi connectivity index (χ3n) is 4.52. The summed E-state index contributed by atoms with van der Waals surface area (Å²) in [7, 11) is 1.81. The van der Waals surface area contributed by atoms with Gasteiger partial charge >= 0.3 is 0 Å². The van der Waals surface area contributed by atoms with E-state index in [1.165, 1.54) is 23.1 Å². The van der Waals surface area contributed by atoms with Gasteiger partial charge in [0.15, 0.2) is 16.1 Å². The van der Waals surface area contributed by atoms with Crippen LogP contribution in [0.25, 0.3) is 0 Å². The summed E-state index contributed by atoms with van der Waals surface area (Å²) in [6.07, 6.45) is 0. The summed E-state index contributed by atoms with van der Waals surface area (Å²) >= 11 is 2.76. The quantitative estimate of drug-likeness (QED) is 0.543. The Morgan fingerprint density at radius 1 is 1.23 bits per heavy atom. The lowest BCUT2D eigenvalue weighted by Gasteiger charge is -2.10. The van der Waals surface area contributed by atoms with Gasteiger partial charge in [0.2, 0.25) is 5.91 Å². The van der Waals surface area contributed by atoms with Gasteiger partial charge in [0, 0.05) is 17.5 Å². The lowest BCUT2D eigenvalue weighted by atomic mass is 10.1. The minimum Gasteiger partial charge on any atom is -0.345 e. The summed E-state index contributed by atoms with van der Waals surface area (Å²) < 4.78 is 1.78. The molecule has 3 aromatic rings. The summed E-state index contributed by atoms with van der Waals surface area (Å²) in [6.45, 7) is 7.88. The molecule has 0 saturated carbocycles. The van der Waals surface area contributed by atoms with Crippen molar-refractivity contribution < 1.29 is 9.59 Å². The van der Waals surface area contributed by atoms with Crippen LogP contribution in [-0.2, 0) is 18.4 Å². The predicted octanol–water partition coefficient (Wildman–Crippen LogP) is 3.25. The fourth-order valence-corrected chi connectivity index (χ4v) is 4.25. The van der Waals surface area contributed by atoms with E-state index in [1.807, 2.05) is 46.0 Å².